The van der Waals surface area contributed by atoms with E-state index >= 15 is 0 Å². The maximum Gasteiger partial charge on any atom is 0.123 e. The van der Waals surface area contributed by atoms with Crippen molar-refractivity contribution in [2.45, 2.75) is 132 Å². The van der Waals surface area contributed by atoms with Crippen LogP contribution in [0.5, 0.6) is 80.5 Å². The van der Waals surface area contributed by atoms with Crippen LogP contribution in [0.25, 0.3) is 10.8 Å². The highest BCUT2D eigenvalue weighted by atomic mass is 16.3. The van der Waals surface area contributed by atoms with Gasteiger partial charge in [0.1, 0.15) is 80.5 Å². The minimum Gasteiger partial charge on any atom is -0.508 e. The van der Waals surface area contributed by atoms with E-state index in [1.54, 1.807) is 69.3 Å². The van der Waals surface area contributed by atoms with E-state index in [1.165, 1.54) is 78.9 Å². The fourth-order valence-electron chi connectivity index (χ4n) is 7.30. The predicted octanol–water partition coefficient (Wildman–Crippen LogP) is 15.3. The molecule has 0 saturated heterocycles. The molecule has 14 N–H and O–H groups in total. The van der Waals surface area contributed by atoms with Crippen LogP contribution in [-0.2, 0) is 21.7 Å². The Balaban J connectivity index is 0.000000322. The molecule has 0 aliphatic carbocycles. The molecular formula is C66H84O14. The van der Waals surface area contributed by atoms with Crippen molar-refractivity contribution in [3.05, 3.63) is 178 Å². The van der Waals surface area contributed by atoms with Gasteiger partial charge in [-0.3, -0.25) is 0 Å². The lowest BCUT2D eigenvalue weighted by atomic mass is 9.81. The monoisotopic (exact) mass is 1100 g/mol. The minimum atomic E-state index is -0.169. The molecule has 0 aliphatic rings. The second-order valence-corrected chi connectivity index (χ2v) is 22.8. The van der Waals surface area contributed by atoms with Crippen molar-refractivity contribution in [2.24, 2.45) is 0 Å². The molecule has 0 fully saturated rings. The summed E-state index contributed by atoms with van der Waals surface area (Å²) in [5.74, 6) is 3.00. The number of hydrogen-bond donors (Lipinski definition) is 14. The number of benzene rings is 8. The van der Waals surface area contributed by atoms with Crippen molar-refractivity contribution in [3.63, 3.8) is 0 Å². The standard InChI is InChI=1S/C14H22O2.C11H16O2.C10H8O2.C10H14O2.C8H10O2.C7H8O2.C6H6O2/c1-13(2,3)9-7-12(16)10(8-11(9)15)14(4,5)6;1-4-11(2,3)9-7-8(12)5-6-10(9)13;11-9-5-6-10(12)8-4-2-1-3-7(8)9;1-10(2,3)8-6-7(11)4-5-9(8)12;1-5-3-8(10)6(2)4-7(5)9;1-5-4-6(8)2-3-7(5)9;7-5-1-2-6(8)4-3-5/h7-8,15-16H,1-6H3;5-7,12-13H,4H2,1-3H3;1-6,11-12H;4-6,11-12H,1-3H3;3-4,9-10H,1-2H3;2-4,8-9H,1H3;1-4,7-8H. The summed E-state index contributed by atoms with van der Waals surface area (Å²) in [5, 5.41) is 131. The lowest BCUT2D eigenvalue weighted by Crippen LogP contribution is -2.15. The number of aryl methyl sites for hydroxylation is 3. The van der Waals surface area contributed by atoms with Crippen molar-refractivity contribution in [1.29, 1.82) is 0 Å². The highest BCUT2D eigenvalue weighted by Gasteiger charge is 2.25. The van der Waals surface area contributed by atoms with Gasteiger partial charge in [0.05, 0.1) is 0 Å². The van der Waals surface area contributed by atoms with Crippen molar-refractivity contribution >= 4 is 10.8 Å². The van der Waals surface area contributed by atoms with Gasteiger partial charge in [0.2, 0.25) is 0 Å². The van der Waals surface area contributed by atoms with Crippen molar-refractivity contribution in [1.82, 2.24) is 0 Å². The van der Waals surface area contributed by atoms with E-state index in [1.807, 2.05) is 88.3 Å². The van der Waals surface area contributed by atoms with E-state index in [0.717, 1.165) is 28.7 Å². The number of fused-ring (bicyclic) bond motifs is 1. The molecule has 0 bridgehead atoms. The summed E-state index contributed by atoms with van der Waals surface area (Å²) in [6, 6.07) is 35.9. The summed E-state index contributed by atoms with van der Waals surface area (Å²) < 4.78 is 0. The Bertz CT molecular complexity index is 3100. The molecule has 8 aromatic carbocycles. The van der Waals surface area contributed by atoms with E-state index < -0.39 is 0 Å². The summed E-state index contributed by atoms with van der Waals surface area (Å²) in [6.45, 7) is 29.4. The summed E-state index contributed by atoms with van der Waals surface area (Å²) in [5.41, 5.74) is 4.64. The first-order chi connectivity index (χ1) is 36.8. The van der Waals surface area contributed by atoms with Crippen molar-refractivity contribution < 1.29 is 71.5 Å². The zero-order valence-electron chi connectivity index (χ0n) is 48.7. The Morgan fingerprint density at radius 1 is 0.263 bits per heavy atom. The average Bonchev–Trinajstić information content (AvgIpc) is 3.36. The molecule has 8 aromatic rings. The zero-order chi connectivity index (χ0) is 61.2. The van der Waals surface area contributed by atoms with Gasteiger partial charge in [0, 0.05) is 33.0 Å². The number of phenolic OH excluding ortho intramolecular Hbond substituents is 14. The zero-order valence-corrected chi connectivity index (χ0v) is 48.7. The van der Waals surface area contributed by atoms with Gasteiger partial charge in [-0.05, 0) is 181 Å². The van der Waals surface area contributed by atoms with Gasteiger partial charge < -0.3 is 71.5 Å². The van der Waals surface area contributed by atoms with Gasteiger partial charge in [-0.1, -0.05) is 107 Å². The first-order valence-corrected chi connectivity index (χ1v) is 25.8. The summed E-state index contributed by atoms with van der Waals surface area (Å²) in [4.78, 5) is 0. The molecule has 14 heteroatoms. The lowest BCUT2D eigenvalue weighted by Gasteiger charge is -2.25. The van der Waals surface area contributed by atoms with Crippen LogP contribution in [0.1, 0.15) is 128 Å². The molecule has 0 unspecified atom stereocenters. The van der Waals surface area contributed by atoms with Crippen LogP contribution < -0.4 is 0 Å². The van der Waals surface area contributed by atoms with Gasteiger partial charge in [0.25, 0.3) is 0 Å². The van der Waals surface area contributed by atoms with Gasteiger partial charge in [0.15, 0.2) is 0 Å². The Morgan fingerprint density at radius 2 is 0.537 bits per heavy atom. The average molecular weight is 1100 g/mol. The second-order valence-electron chi connectivity index (χ2n) is 22.8. The Labute approximate surface area is 471 Å². The molecule has 80 heavy (non-hydrogen) atoms. The van der Waals surface area contributed by atoms with E-state index in [9.17, 15) is 40.9 Å². The number of hydrogen-bond acceptors (Lipinski definition) is 14. The normalized spacial score (nSPS) is 10.9. The van der Waals surface area contributed by atoms with Crippen LogP contribution in [0, 0.1) is 20.8 Å². The topological polar surface area (TPSA) is 283 Å². The third-order valence-corrected chi connectivity index (χ3v) is 12.5. The van der Waals surface area contributed by atoms with Crippen LogP contribution in [0.3, 0.4) is 0 Å². The molecule has 0 heterocycles. The van der Waals surface area contributed by atoms with Crippen LogP contribution in [0.2, 0.25) is 0 Å². The van der Waals surface area contributed by atoms with Gasteiger partial charge in [-0.15, -0.1) is 0 Å². The molecule has 0 amide bonds. The Kier molecular flexibility index (Phi) is 24.2. The molecule has 0 radical (unpaired) electrons. The summed E-state index contributed by atoms with van der Waals surface area (Å²) in [6.07, 6.45) is 0.921. The fourth-order valence-corrected chi connectivity index (χ4v) is 7.30. The van der Waals surface area contributed by atoms with Crippen LogP contribution in [-0.4, -0.2) is 71.5 Å². The molecule has 8 rings (SSSR count). The molecule has 0 aliphatic heterocycles. The molecule has 0 saturated carbocycles. The van der Waals surface area contributed by atoms with Gasteiger partial charge in [-0.25, -0.2) is 0 Å². The predicted molar refractivity (Wildman–Crippen MR) is 320 cm³/mol. The number of rotatable bonds is 2. The highest BCUT2D eigenvalue weighted by Crippen LogP contribution is 2.41. The van der Waals surface area contributed by atoms with Crippen LogP contribution in [0.4, 0.5) is 0 Å². The molecule has 432 valence electrons. The minimum absolute atomic E-state index is 0.0944. The van der Waals surface area contributed by atoms with E-state index in [0.29, 0.717) is 27.5 Å². The first kappa shape index (κ1) is 67.3. The molecule has 0 atom stereocenters. The largest absolute Gasteiger partial charge is 0.508 e. The molecular weight excluding hydrogens is 1020 g/mol. The van der Waals surface area contributed by atoms with Crippen LogP contribution in [0.15, 0.2) is 140 Å². The molecule has 0 spiro atoms. The molecule has 0 aromatic heterocycles. The molecule has 14 nitrogen and oxygen atoms in total. The van der Waals surface area contributed by atoms with E-state index in [4.69, 9.17) is 30.6 Å². The summed E-state index contributed by atoms with van der Waals surface area (Å²) in [7, 11) is 0. The highest BCUT2D eigenvalue weighted by molar-refractivity contribution is 5.92. The first-order valence-electron chi connectivity index (χ1n) is 25.8. The second kappa shape index (κ2) is 28.7. The van der Waals surface area contributed by atoms with Gasteiger partial charge in [-0.2, -0.15) is 0 Å². The SMILES string of the molecule is CC(C)(C)c1cc(O)c(C(C)(C)C)cc1O.CC(C)(C)c1cc(O)ccc1O.CCC(C)(C)c1cc(O)ccc1O.Cc1cc(O)c(C)cc1O.Cc1cc(O)ccc1O.Oc1ccc(O)c2ccccc12.Oc1ccc(O)cc1. The number of aromatic hydroxyl groups is 14. The van der Waals surface area contributed by atoms with E-state index in [2.05, 4.69) is 6.92 Å². The third kappa shape index (κ3) is 21.2. The maximum absolute atomic E-state index is 10.0. The van der Waals surface area contributed by atoms with E-state index in [-0.39, 0.29) is 102 Å². The van der Waals surface area contributed by atoms with Gasteiger partial charge >= 0.3 is 0 Å². The Hall–Kier alpha value is -8.78. The Morgan fingerprint density at radius 3 is 0.850 bits per heavy atom. The van der Waals surface area contributed by atoms with Crippen LogP contribution >= 0.6 is 0 Å². The summed E-state index contributed by atoms with van der Waals surface area (Å²) >= 11 is 0. The maximum atomic E-state index is 10.0. The lowest BCUT2D eigenvalue weighted by molar-refractivity contribution is 0.419. The van der Waals surface area contributed by atoms with Crippen molar-refractivity contribution in [2.75, 3.05) is 0 Å². The smallest absolute Gasteiger partial charge is 0.123 e. The number of phenols is 14. The third-order valence-electron chi connectivity index (χ3n) is 12.5. The quantitative estimate of drug-likeness (QED) is 0.0717. The fraction of sp³-hybridized carbons (Fsp3) is 0.303. The van der Waals surface area contributed by atoms with Crippen molar-refractivity contribution in [3.8, 4) is 80.5 Å².